The van der Waals surface area contributed by atoms with Crippen LogP contribution in [0.15, 0.2) is 0 Å². The molecule has 0 aromatic heterocycles. The van der Waals surface area contributed by atoms with E-state index < -0.39 is 38.1 Å². The van der Waals surface area contributed by atoms with Crippen molar-refractivity contribution >= 4 is 7.60 Å². The molecule has 0 aromatic rings. The molecular formula is C9H19O7P. The summed E-state index contributed by atoms with van der Waals surface area (Å²) < 4.78 is 26.3. The van der Waals surface area contributed by atoms with Crippen LogP contribution < -0.4 is 0 Å². The number of rotatable bonds is 4. The SMILES string of the molecule is CO[C@@H]1[C@H](O)[C@@H](O)[C@H](C)O[C@H]1CP(=O)(O)OC. The van der Waals surface area contributed by atoms with Gasteiger partial charge in [0.05, 0.1) is 18.4 Å². The molecule has 1 unspecified atom stereocenters. The fourth-order valence-corrected chi connectivity index (χ4v) is 2.76. The van der Waals surface area contributed by atoms with E-state index in [1.54, 1.807) is 6.92 Å². The molecule has 1 fully saturated rings. The number of hydrogen-bond acceptors (Lipinski definition) is 6. The van der Waals surface area contributed by atoms with E-state index in [4.69, 9.17) is 9.47 Å². The van der Waals surface area contributed by atoms with E-state index in [0.29, 0.717) is 0 Å². The van der Waals surface area contributed by atoms with Crippen molar-refractivity contribution in [2.75, 3.05) is 20.4 Å². The van der Waals surface area contributed by atoms with Gasteiger partial charge in [0.2, 0.25) is 0 Å². The third-order valence-electron chi connectivity index (χ3n) is 2.89. The highest BCUT2D eigenvalue weighted by atomic mass is 31.2. The van der Waals surface area contributed by atoms with Gasteiger partial charge in [0.1, 0.15) is 18.3 Å². The predicted molar refractivity (Wildman–Crippen MR) is 58.8 cm³/mol. The number of aliphatic hydroxyl groups is 2. The highest BCUT2D eigenvalue weighted by Gasteiger charge is 2.45. The lowest BCUT2D eigenvalue weighted by atomic mass is 9.96. The molecular weight excluding hydrogens is 251 g/mol. The molecule has 0 bridgehead atoms. The Labute approximate surface area is 99.8 Å². The van der Waals surface area contributed by atoms with Gasteiger partial charge in [-0.15, -0.1) is 0 Å². The summed E-state index contributed by atoms with van der Waals surface area (Å²) in [5.41, 5.74) is 0. The van der Waals surface area contributed by atoms with Crippen molar-refractivity contribution in [1.82, 2.24) is 0 Å². The molecule has 0 amide bonds. The lowest BCUT2D eigenvalue weighted by Crippen LogP contribution is -2.58. The zero-order chi connectivity index (χ0) is 13.2. The molecule has 1 rings (SSSR count). The number of methoxy groups -OCH3 is 1. The summed E-state index contributed by atoms with van der Waals surface area (Å²) in [5.74, 6) is 0. The Hall–Kier alpha value is -0.0100. The van der Waals surface area contributed by atoms with E-state index in [9.17, 15) is 19.7 Å². The van der Waals surface area contributed by atoms with Gasteiger partial charge in [-0.2, -0.15) is 0 Å². The highest BCUT2D eigenvalue weighted by Crippen LogP contribution is 2.43. The molecule has 8 heteroatoms. The monoisotopic (exact) mass is 270 g/mol. The normalized spacial score (nSPS) is 42.1. The molecule has 102 valence electrons. The molecule has 1 heterocycles. The van der Waals surface area contributed by atoms with Crippen LogP contribution in [0, 0.1) is 0 Å². The van der Waals surface area contributed by atoms with Crippen LogP contribution in [0.1, 0.15) is 6.92 Å². The van der Waals surface area contributed by atoms with Gasteiger partial charge >= 0.3 is 7.60 Å². The first-order valence-corrected chi connectivity index (χ1v) is 7.00. The van der Waals surface area contributed by atoms with E-state index >= 15 is 0 Å². The smallest absolute Gasteiger partial charge is 0.330 e. The fourth-order valence-electron chi connectivity index (χ4n) is 1.87. The van der Waals surface area contributed by atoms with Crippen LogP contribution in [0.4, 0.5) is 0 Å². The van der Waals surface area contributed by atoms with Gasteiger partial charge in [-0.25, -0.2) is 0 Å². The Morgan fingerprint density at radius 1 is 1.29 bits per heavy atom. The van der Waals surface area contributed by atoms with Crippen molar-refractivity contribution < 1.29 is 33.7 Å². The van der Waals surface area contributed by atoms with Crippen molar-refractivity contribution in [3.8, 4) is 0 Å². The van der Waals surface area contributed by atoms with Gasteiger partial charge in [-0.1, -0.05) is 0 Å². The quantitative estimate of drug-likeness (QED) is 0.582. The summed E-state index contributed by atoms with van der Waals surface area (Å²) in [6.45, 7) is 1.57. The molecule has 0 saturated carbocycles. The minimum atomic E-state index is -3.76. The van der Waals surface area contributed by atoms with Crippen LogP contribution >= 0.6 is 7.60 Å². The standard InChI is InChI=1S/C9H19O7P/c1-5-7(10)8(11)9(14-2)6(16-5)4-17(12,13)15-3/h5-11H,4H2,1-3H3,(H,12,13)/t5-,6-,7-,8+,9-/m0/s1. The summed E-state index contributed by atoms with van der Waals surface area (Å²) in [7, 11) is -1.30. The van der Waals surface area contributed by atoms with Crippen molar-refractivity contribution in [3.63, 3.8) is 0 Å². The maximum absolute atomic E-state index is 11.5. The van der Waals surface area contributed by atoms with Gasteiger partial charge in [0, 0.05) is 14.2 Å². The molecule has 0 aromatic carbocycles. The van der Waals surface area contributed by atoms with Crippen LogP contribution in [-0.2, 0) is 18.6 Å². The van der Waals surface area contributed by atoms with Crippen molar-refractivity contribution in [1.29, 1.82) is 0 Å². The first-order chi connectivity index (χ1) is 7.82. The predicted octanol–water partition coefficient (Wildman–Crippen LogP) is -0.658. The lowest BCUT2D eigenvalue weighted by Gasteiger charge is -2.41. The zero-order valence-electron chi connectivity index (χ0n) is 10.0. The Balaban J connectivity index is 2.79. The number of hydrogen-bond donors (Lipinski definition) is 3. The maximum atomic E-state index is 11.5. The molecule has 1 aliphatic rings. The number of aliphatic hydroxyl groups excluding tert-OH is 2. The summed E-state index contributed by atoms with van der Waals surface area (Å²) >= 11 is 0. The topological polar surface area (TPSA) is 105 Å². The van der Waals surface area contributed by atoms with Crippen LogP contribution in [0.2, 0.25) is 0 Å². The fraction of sp³-hybridized carbons (Fsp3) is 1.00. The first-order valence-electron chi connectivity index (χ1n) is 5.24. The van der Waals surface area contributed by atoms with E-state index in [2.05, 4.69) is 4.52 Å². The van der Waals surface area contributed by atoms with E-state index in [1.165, 1.54) is 7.11 Å². The summed E-state index contributed by atoms with van der Waals surface area (Å²) in [6, 6.07) is 0. The Kier molecular flexibility index (Phi) is 5.09. The molecule has 0 aliphatic carbocycles. The van der Waals surface area contributed by atoms with Crippen LogP contribution in [-0.4, -0.2) is 66.0 Å². The van der Waals surface area contributed by atoms with Gasteiger partial charge in [0.25, 0.3) is 0 Å². The van der Waals surface area contributed by atoms with Crippen LogP contribution in [0.5, 0.6) is 0 Å². The van der Waals surface area contributed by atoms with Crippen molar-refractivity contribution in [2.45, 2.75) is 37.4 Å². The second-order valence-electron chi connectivity index (χ2n) is 4.06. The molecule has 17 heavy (non-hydrogen) atoms. The first kappa shape index (κ1) is 15.0. The summed E-state index contributed by atoms with van der Waals surface area (Å²) in [6.07, 6.45) is -4.85. The maximum Gasteiger partial charge on any atom is 0.330 e. The largest absolute Gasteiger partial charge is 0.388 e. The molecule has 1 aliphatic heterocycles. The third-order valence-corrected chi connectivity index (χ3v) is 4.28. The third kappa shape index (κ3) is 3.48. The van der Waals surface area contributed by atoms with E-state index in [1.807, 2.05) is 0 Å². The number of ether oxygens (including phenoxy) is 2. The van der Waals surface area contributed by atoms with Crippen LogP contribution in [0.25, 0.3) is 0 Å². The lowest BCUT2D eigenvalue weighted by molar-refractivity contribution is -0.218. The Bertz CT molecular complexity index is 297. The van der Waals surface area contributed by atoms with Gasteiger partial charge in [0.15, 0.2) is 0 Å². The minimum absolute atomic E-state index is 0.296. The van der Waals surface area contributed by atoms with Gasteiger partial charge in [-0.3, -0.25) is 4.57 Å². The average molecular weight is 270 g/mol. The van der Waals surface area contributed by atoms with Crippen molar-refractivity contribution in [3.05, 3.63) is 0 Å². The average Bonchev–Trinajstić information content (AvgIpc) is 2.26. The molecule has 3 N–H and O–H groups in total. The zero-order valence-corrected chi connectivity index (χ0v) is 10.9. The van der Waals surface area contributed by atoms with Gasteiger partial charge < -0.3 is 29.1 Å². The van der Waals surface area contributed by atoms with Crippen LogP contribution in [0.3, 0.4) is 0 Å². The Morgan fingerprint density at radius 2 is 1.88 bits per heavy atom. The molecule has 0 radical (unpaired) electrons. The molecule has 0 spiro atoms. The van der Waals surface area contributed by atoms with E-state index in [0.717, 1.165) is 7.11 Å². The van der Waals surface area contributed by atoms with Crippen molar-refractivity contribution in [2.24, 2.45) is 0 Å². The Morgan fingerprint density at radius 3 is 2.35 bits per heavy atom. The minimum Gasteiger partial charge on any atom is -0.388 e. The van der Waals surface area contributed by atoms with Gasteiger partial charge in [-0.05, 0) is 6.92 Å². The molecule has 1 saturated heterocycles. The summed E-state index contributed by atoms with van der Waals surface area (Å²) in [4.78, 5) is 9.38. The highest BCUT2D eigenvalue weighted by molar-refractivity contribution is 7.52. The molecule has 6 atom stereocenters. The second-order valence-corrected chi connectivity index (χ2v) is 6.07. The second kappa shape index (κ2) is 5.75. The van der Waals surface area contributed by atoms with E-state index in [-0.39, 0.29) is 6.16 Å². The summed E-state index contributed by atoms with van der Waals surface area (Å²) in [5, 5.41) is 19.4. The molecule has 7 nitrogen and oxygen atoms in total.